The van der Waals surface area contributed by atoms with E-state index in [0.717, 1.165) is 56.9 Å². The van der Waals surface area contributed by atoms with Gasteiger partial charge in [0.2, 0.25) is 0 Å². The first-order valence-corrected chi connectivity index (χ1v) is 8.04. The lowest BCUT2D eigenvalue weighted by Gasteiger charge is -2.20. The van der Waals surface area contributed by atoms with Crippen molar-refractivity contribution in [2.45, 2.75) is 32.6 Å². The monoisotopic (exact) mass is 326 g/mol. The topological polar surface area (TPSA) is 41.6 Å². The van der Waals surface area contributed by atoms with Crippen molar-refractivity contribution in [3.8, 4) is 5.75 Å². The first kappa shape index (κ1) is 18.8. The molecule has 1 aliphatic heterocycles. The van der Waals surface area contributed by atoms with Crippen LogP contribution < -0.4 is 10.1 Å². The van der Waals surface area contributed by atoms with E-state index in [1.54, 1.807) is 0 Å². The molecule has 1 aromatic carbocycles. The summed E-state index contributed by atoms with van der Waals surface area (Å²) in [6.45, 7) is 6.42. The Kier molecular flexibility index (Phi) is 8.94. The molecule has 124 valence electrons. The smallest absolute Gasteiger partial charge is 0.253 e. The van der Waals surface area contributed by atoms with Crippen LogP contribution in [0.5, 0.6) is 5.75 Å². The maximum Gasteiger partial charge on any atom is 0.253 e. The predicted octanol–water partition coefficient (Wildman–Crippen LogP) is 3.11. The minimum Gasteiger partial charge on any atom is -0.494 e. The number of amides is 1. The fourth-order valence-corrected chi connectivity index (χ4v) is 2.47. The van der Waals surface area contributed by atoms with Gasteiger partial charge >= 0.3 is 0 Å². The Bertz CT molecular complexity index is 429. The third kappa shape index (κ3) is 5.85. The van der Waals surface area contributed by atoms with Crippen LogP contribution >= 0.6 is 12.4 Å². The second-order valence-corrected chi connectivity index (χ2v) is 5.48. The molecule has 0 aromatic heterocycles. The van der Waals surface area contributed by atoms with Crippen LogP contribution in [0.3, 0.4) is 0 Å². The Balaban J connectivity index is 0.00000242. The number of nitrogens with zero attached hydrogens (tertiary/aromatic N) is 1. The van der Waals surface area contributed by atoms with Crippen LogP contribution in [0.2, 0.25) is 0 Å². The van der Waals surface area contributed by atoms with E-state index in [4.69, 9.17) is 4.74 Å². The molecule has 0 aliphatic carbocycles. The SMILES string of the molecule is CCCCCOc1ccc(C(=O)N2CCCNCC2)cc1.Cl. The number of unbranched alkanes of at least 4 members (excludes halogenated alkanes) is 2. The van der Waals surface area contributed by atoms with Crippen molar-refractivity contribution in [1.29, 1.82) is 0 Å². The highest BCUT2D eigenvalue weighted by atomic mass is 35.5. The van der Waals surface area contributed by atoms with Crippen molar-refractivity contribution >= 4 is 18.3 Å². The van der Waals surface area contributed by atoms with Gasteiger partial charge < -0.3 is 15.0 Å². The lowest BCUT2D eigenvalue weighted by Crippen LogP contribution is -2.34. The van der Waals surface area contributed by atoms with Crippen LogP contribution in [-0.4, -0.2) is 43.6 Å². The molecule has 2 rings (SSSR count). The van der Waals surface area contributed by atoms with Gasteiger partial charge in [-0.1, -0.05) is 19.8 Å². The first-order chi connectivity index (χ1) is 10.3. The van der Waals surface area contributed by atoms with Gasteiger partial charge in [0, 0.05) is 25.2 Å². The highest BCUT2D eigenvalue weighted by Crippen LogP contribution is 2.15. The molecule has 1 saturated heterocycles. The van der Waals surface area contributed by atoms with Gasteiger partial charge in [0.25, 0.3) is 5.91 Å². The van der Waals surface area contributed by atoms with Gasteiger partial charge in [0.15, 0.2) is 0 Å². The Morgan fingerprint density at radius 2 is 1.95 bits per heavy atom. The van der Waals surface area contributed by atoms with Gasteiger partial charge in [-0.3, -0.25) is 4.79 Å². The summed E-state index contributed by atoms with van der Waals surface area (Å²) >= 11 is 0. The quantitative estimate of drug-likeness (QED) is 0.817. The molecule has 0 radical (unpaired) electrons. The number of hydrogen-bond donors (Lipinski definition) is 1. The maximum atomic E-state index is 12.4. The van der Waals surface area contributed by atoms with E-state index < -0.39 is 0 Å². The molecule has 0 saturated carbocycles. The minimum atomic E-state index is 0. The summed E-state index contributed by atoms with van der Waals surface area (Å²) in [5.41, 5.74) is 0.748. The molecule has 22 heavy (non-hydrogen) atoms. The van der Waals surface area contributed by atoms with E-state index in [0.29, 0.717) is 0 Å². The second-order valence-electron chi connectivity index (χ2n) is 5.48. The summed E-state index contributed by atoms with van der Waals surface area (Å²) < 4.78 is 5.67. The molecule has 0 bridgehead atoms. The molecule has 4 nitrogen and oxygen atoms in total. The number of benzene rings is 1. The molecule has 1 heterocycles. The standard InChI is InChI=1S/C17H26N2O2.ClH/c1-2-3-4-14-21-16-8-6-15(7-9-16)17(20)19-12-5-10-18-11-13-19;/h6-9,18H,2-5,10-14H2,1H3;1H. The molecule has 0 unspecified atom stereocenters. The van der Waals surface area contributed by atoms with Crippen molar-refractivity contribution in [1.82, 2.24) is 10.2 Å². The zero-order valence-corrected chi connectivity index (χ0v) is 14.2. The average Bonchev–Trinajstić information content (AvgIpc) is 2.81. The van der Waals surface area contributed by atoms with Gasteiger partial charge in [-0.15, -0.1) is 12.4 Å². The molecule has 1 N–H and O–H groups in total. The van der Waals surface area contributed by atoms with E-state index >= 15 is 0 Å². The maximum absolute atomic E-state index is 12.4. The number of carbonyl (C=O) groups excluding carboxylic acids is 1. The largest absolute Gasteiger partial charge is 0.494 e. The van der Waals surface area contributed by atoms with E-state index in [1.807, 2.05) is 29.2 Å². The van der Waals surface area contributed by atoms with Gasteiger partial charge in [-0.05, 0) is 43.7 Å². The Labute approximate surface area is 139 Å². The van der Waals surface area contributed by atoms with Crippen LogP contribution in [-0.2, 0) is 0 Å². The third-order valence-corrected chi connectivity index (χ3v) is 3.75. The van der Waals surface area contributed by atoms with Gasteiger partial charge in [-0.25, -0.2) is 0 Å². The van der Waals surface area contributed by atoms with Crippen LogP contribution in [0.15, 0.2) is 24.3 Å². The average molecular weight is 327 g/mol. The number of halogens is 1. The summed E-state index contributed by atoms with van der Waals surface area (Å²) in [7, 11) is 0. The van der Waals surface area contributed by atoms with Crippen LogP contribution in [0, 0.1) is 0 Å². The highest BCUT2D eigenvalue weighted by Gasteiger charge is 2.16. The number of ether oxygens (including phenoxy) is 1. The fraction of sp³-hybridized carbons (Fsp3) is 0.588. The zero-order chi connectivity index (χ0) is 14.9. The zero-order valence-electron chi connectivity index (χ0n) is 13.3. The molecule has 1 fully saturated rings. The van der Waals surface area contributed by atoms with Crippen LogP contribution in [0.1, 0.15) is 43.0 Å². The van der Waals surface area contributed by atoms with E-state index in [2.05, 4.69) is 12.2 Å². The molecule has 1 aromatic rings. The molecule has 0 spiro atoms. The van der Waals surface area contributed by atoms with Crippen molar-refractivity contribution < 1.29 is 9.53 Å². The van der Waals surface area contributed by atoms with Crippen molar-refractivity contribution in [2.24, 2.45) is 0 Å². The van der Waals surface area contributed by atoms with E-state index in [9.17, 15) is 4.79 Å². The molecule has 0 atom stereocenters. The predicted molar refractivity (Wildman–Crippen MR) is 92.1 cm³/mol. The summed E-state index contributed by atoms with van der Waals surface area (Å²) in [6.07, 6.45) is 4.49. The highest BCUT2D eigenvalue weighted by molar-refractivity contribution is 5.94. The molecular formula is C17H27ClN2O2. The minimum absolute atomic E-state index is 0. The summed E-state index contributed by atoms with van der Waals surface area (Å²) in [5, 5.41) is 3.31. The van der Waals surface area contributed by atoms with Gasteiger partial charge in [0.1, 0.15) is 5.75 Å². The number of carbonyl (C=O) groups is 1. The Morgan fingerprint density at radius 3 is 2.68 bits per heavy atom. The second kappa shape index (κ2) is 10.5. The third-order valence-electron chi connectivity index (χ3n) is 3.75. The molecule has 1 aliphatic rings. The molecule has 5 heteroatoms. The fourth-order valence-electron chi connectivity index (χ4n) is 2.47. The van der Waals surface area contributed by atoms with Crippen LogP contribution in [0.4, 0.5) is 0 Å². The number of hydrogen-bond acceptors (Lipinski definition) is 3. The van der Waals surface area contributed by atoms with Gasteiger partial charge in [0.05, 0.1) is 6.61 Å². The normalized spacial score (nSPS) is 14.9. The van der Waals surface area contributed by atoms with Crippen LogP contribution in [0.25, 0.3) is 0 Å². The van der Waals surface area contributed by atoms with Crippen molar-refractivity contribution in [3.63, 3.8) is 0 Å². The first-order valence-electron chi connectivity index (χ1n) is 8.04. The lowest BCUT2D eigenvalue weighted by atomic mass is 10.2. The number of rotatable bonds is 6. The van der Waals surface area contributed by atoms with Gasteiger partial charge in [-0.2, -0.15) is 0 Å². The summed E-state index contributed by atoms with van der Waals surface area (Å²) in [5.74, 6) is 0.969. The molecular weight excluding hydrogens is 300 g/mol. The van der Waals surface area contributed by atoms with E-state index in [-0.39, 0.29) is 18.3 Å². The summed E-state index contributed by atoms with van der Waals surface area (Å²) in [4.78, 5) is 14.3. The molecule has 1 amide bonds. The van der Waals surface area contributed by atoms with Crippen molar-refractivity contribution in [3.05, 3.63) is 29.8 Å². The van der Waals surface area contributed by atoms with Crippen molar-refractivity contribution in [2.75, 3.05) is 32.8 Å². The number of nitrogens with one attached hydrogen (secondary N) is 1. The Morgan fingerprint density at radius 1 is 1.18 bits per heavy atom. The summed E-state index contributed by atoms with van der Waals surface area (Å²) in [6, 6.07) is 7.54. The lowest BCUT2D eigenvalue weighted by molar-refractivity contribution is 0.0766. The van der Waals surface area contributed by atoms with E-state index in [1.165, 1.54) is 12.8 Å². The Hall–Kier alpha value is -1.26.